The molecule has 0 spiro atoms. The van der Waals surface area contributed by atoms with E-state index in [-0.39, 0.29) is 18.9 Å². The standard InChI is InChI=1S/C33H52N2O4/c1-3-4-5-6-7-8-9-10-11-12-13-14-15-16-17-18-19-20-21-22-23-24-25-28-39-31(36)26-27-35-29-30(2)32(37)34-33(35)38/h29H,3-13,18-28H2,1-2H3,(H,34,37,38). The number of hydrogen-bond donors (Lipinski definition) is 1. The molecular weight excluding hydrogens is 488 g/mol. The fraction of sp³-hybridized carbons (Fsp3) is 0.727. The summed E-state index contributed by atoms with van der Waals surface area (Å²) in [6.45, 7) is 4.50. The number of nitrogens with one attached hydrogen (secondary N) is 1. The Morgan fingerprint density at radius 1 is 0.769 bits per heavy atom. The molecule has 0 amide bonds. The number of nitrogens with zero attached hydrogens (tertiary/aromatic N) is 1. The Labute approximate surface area is 236 Å². The second-order valence-electron chi connectivity index (χ2n) is 10.5. The van der Waals surface area contributed by atoms with E-state index in [1.165, 1.54) is 94.2 Å². The predicted molar refractivity (Wildman–Crippen MR) is 161 cm³/mol. The number of H-pyrrole nitrogens is 1. The van der Waals surface area contributed by atoms with Crippen molar-refractivity contribution in [1.29, 1.82) is 0 Å². The average molecular weight is 541 g/mol. The highest BCUT2D eigenvalue weighted by Gasteiger charge is 2.06. The van der Waals surface area contributed by atoms with Gasteiger partial charge >= 0.3 is 11.7 Å². The summed E-state index contributed by atoms with van der Waals surface area (Å²) in [7, 11) is 0. The van der Waals surface area contributed by atoms with Gasteiger partial charge in [0, 0.05) is 31.1 Å². The molecule has 0 unspecified atom stereocenters. The van der Waals surface area contributed by atoms with Crippen molar-refractivity contribution in [2.75, 3.05) is 6.61 Å². The molecule has 0 aliphatic heterocycles. The quantitative estimate of drug-likeness (QED) is 0.0956. The number of hydrogen-bond acceptors (Lipinski definition) is 4. The van der Waals surface area contributed by atoms with Crippen LogP contribution in [0.25, 0.3) is 0 Å². The van der Waals surface area contributed by atoms with Crippen molar-refractivity contribution in [1.82, 2.24) is 9.55 Å². The molecule has 1 aromatic rings. The lowest BCUT2D eigenvalue weighted by atomic mass is 10.1. The lowest BCUT2D eigenvalue weighted by molar-refractivity contribution is -0.144. The van der Waals surface area contributed by atoms with Gasteiger partial charge in [0.1, 0.15) is 0 Å². The number of carbonyl (C=O) groups excluding carboxylic acids is 1. The largest absolute Gasteiger partial charge is 0.466 e. The number of aryl methyl sites for hydroxylation is 2. The number of ether oxygens (including phenoxy) is 1. The molecule has 0 bridgehead atoms. The third-order valence-electron chi connectivity index (χ3n) is 6.85. The fourth-order valence-electron chi connectivity index (χ4n) is 4.37. The second-order valence-corrected chi connectivity index (χ2v) is 10.5. The van der Waals surface area contributed by atoms with E-state index in [4.69, 9.17) is 4.74 Å². The normalized spacial score (nSPS) is 10.4. The van der Waals surface area contributed by atoms with E-state index in [0.717, 1.165) is 38.5 Å². The van der Waals surface area contributed by atoms with Gasteiger partial charge in [-0.25, -0.2) is 4.79 Å². The van der Waals surface area contributed by atoms with Crippen LogP contribution in [-0.4, -0.2) is 22.1 Å². The minimum Gasteiger partial charge on any atom is -0.466 e. The molecule has 1 heterocycles. The zero-order chi connectivity index (χ0) is 28.4. The SMILES string of the molecule is CCCCCCCCCCCCC#CC#CCCCCCCCCCOC(=O)CCn1cc(C)c(=O)[nH]c1=O. The van der Waals surface area contributed by atoms with Crippen LogP contribution in [0.15, 0.2) is 15.8 Å². The van der Waals surface area contributed by atoms with E-state index >= 15 is 0 Å². The molecule has 218 valence electrons. The van der Waals surface area contributed by atoms with Gasteiger partial charge in [-0.2, -0.15) is 0 Å². The van der Waals surface area contributed by atoms with Crippen LogP contribution < -0.4 is 11.2 Å². The van der Waals surface area contributed by atoms with Gasteiger partial charge in [0.05, 0.1) is 13.0 Å². The van der Waals surface area contributed by atoms with E-state index < -0.39 is 11.2 Å². The first-order valence-corrected chi connectivity index (χ1v) is 15.5. The molecule has 0 fully saturated rings. The van der Waals surface area contributed by atoms with Crippen molar-refractivity contribution in [3.8, 4) is 23.7 Å². The lowest BCUT2D eigenvalue weighted by Gasteiger charge is -2.07. The maximum atomic E-state index is 11.9. The molecule has 1 aromatic heterocycles. The Morgan fingerprint density at radius 3 is 1.79 bits per heavy atom. The van der Waals surface area contributed by atoms with Crippen molar-refractivity contribution in [2.24, 2.45) is 0 Å². The zero-order valence-corrected chi connectivity index (χ0v) is 24.7. The van der Waals surface area contributed by atoms with Gasteiger partial charge in [-0.3, -0.25) is 19.1 Å². The van der Waals surface area contributed by atoms with E-state index in [9.17, 15) is 14.4 Å². The van der Waals surface area contributed by atoms with Crippen LogP contribution in [0.3, 0.4) is 0 Å². The van der Waals surface area contributed by atoms with Gasteiger partial charge in [0.2, 0.25) is 0 Å². The van der Waals surface area contributed by atoms with Crippen molar-refractivity contribution in [3.05, 3.63) is 32.6 Å². The molecule has 6 nitrogen and oxygen atoms in total. The second kappa shape index (κ2) is 24.3. The monoisotopic (exact) mass is 540 g/mol. The van der Waals surface area contributed by atoms with Gasteiger partial charge in [-0.15, -0.1) is 0 Å². The summed E-state index contributed by atoms with van der Waals surface area (Å²) >= 11 is 0. The van der Waals surface area contributed by atoms with Gasteiger partial charge in [0.15, 0.2) is 0 Å². The predicted octanol–water partition coefficient (Wildman–Crippen LogP) is 7.22. The van der Waals surface area contributed by atoms with E-state index in [2.05, 4.69) is 35.6 Å². The summed E-state index contributed by atoms with van der Waals surface area (Å²) in [5.41, 5.74) is -0.466. The maximum absolute atomic E-state index is 11.9. The summed E-state index contributed by atoms with van der Waals surface area (Å²) in [5, 5.41) is 0. The van der Waals surface area contributed by atoms with Gasteiger partial charge in [-0.05, 0) is 38.0 Å². The van der Waals surface area contributed by atoms with E-state index in [1.807, 2.05) is 0 Å². The third kappa shape index (κ3) is 19.9. The van der Waals surface area contributed by atoms with Crippen LogP contribution >= 0.6 is 0 Å². The highest BCUT2D eigenvalue weighted by Crippen LogP contribution is 2.11. The number of rotatable bonds is 22. The molecule has 0 aromatic carbocycles. The molecule has 0 aliphatic carbocycles. The average Bonchev–Trinajstić information content (AvgIpc) is 2.92. The lowest BCUT2D eigenvalue weighted by Crippen LogP contribution is -2.31. The molecular formula is C33H52N2O4. The summed E-state index contributed by atoms with van der Waals surface area (Å²) in [5.74, 6) is 12.0. The summed E-state index contributed by atoms with van der Waals surface area (Å²) in [6, 6.07) is 0. The number of aromatic nitrogens is 2. The van der Waals surface area contributed by atoms with Gasteiger partial charge in [-0.1, -0.05) is 109 Å². The van der Waals surface area contributed by atoms with Crippen molar-refractivity contribution < 1.29 is 9.53 Å². The summed E-state index contributed by atoms with van der Waals surface area (Å²) in [4.78, 5) is 37.2. The minimum absolute atomic E-state index is 0.110. The Balaban J connectivity index is 1.87. The molecule has 39 heavy (non-hydrogen) atoms. The Kier molecular flexibility index (Phi) is 21.4. The minimum atomic E-state index is -0.506. The molecule has 0 saturated carbocycles. The molecule has 1 N–H and O–H groups in total. The molecule has 0 radical (unpaired) electrons. The molecule has 0 saturated heterocycles. The number of aromatic amines is 1. The number of esters is 1. The first-order valence-electron chi connectivity index (χ1n) is 15.5. The van der Waals surface area contributed by atoms with Crippen LogP contribution in [0.4, 0.5) is 0 Å². The van der Waals surface area contributed by atoms with Crippen molar-refractivity contribution in [2.45, 2.75) is 149 Å². The zero-order valence-electron chi connectivity index (χ0n) is 24.7. The van der Waals surface area contributed by atoms with Crippen LogP contribution in [0.2, 0.25) is 0 Å². The summed E-state index contributed by atoms with van der Waals surface area (Å²) in [6.07, 6.45) is 24.8. The van der Waals surface area contributed by atoms with Crippen molar-refractivity contribution >= 4 is 5.97 Å². The highest BCUT2D eigenvalue weighted by molar-refractivity contribution is 5.69. The van der Waals surface area contributed by atoms with Gasteiger partial charge < -0.3 is 4.74 Å². The first kappa shape index (κ1) is 34.3. The van der Waals surface area contributed by atoms with Crippen LogP contribution in [-0.2, 0) is 16.1 Å². The number of carbonyl (C=O) groups is 1. The highest BCUT2D eigenvalue weighted by atomic mass is 16.5. The first-order chi connectivity index (χ1) is 19.0. The van der Waals surface area contributed by atoms with Crippen LogP contribution in [0, 0.1) is 30.6 Å². The smallest absolute Gasteiger partial charge is 0.328 e. The Hall–Kier alpha value is -2.73. The van der Waals surface area contributed by atoms with Crippen molar-refractivity contribution in [3.63, 3.8) is 0 Å². The summed E-state index contributed by atoms with van der Waals surface area (Å²) < 4.78 is 6.58. The fourth-order valence-corrected chi connectivity index (χ4v) is 4.37. The Morgan fingerprint density at radius 2 is 1.26 bits per heavy atom. The third-order valence-corrected chi connectivity index (χ3v) is 6.85. The molecule has 0 aliphatic rings. The van der Waals surface area contributed by atoms with E-state index in [0.29, 0.717) is 12.2 Å². The number of unbranched alkanes of at least 4 members (excludes halogenated alkanes) is 17. The molecule has 0 atom stereocenters. The maximum Gasteiger partial charge on any atom is 0.328 e. The van der Waals surface area contributed by atoms with Crippen LogP contribution in [0.1, 0.15) is 141 Å². The van der Waals surface area contributed by atoms with Crippen LogP contribution in [0.5, 0.6) is 0 Å². The molecule has 6 heteroatoms. The molecule has 1 rings (SSSR count). The van der Waals surface area contributed by atoms with E-state index in [1.54, 1.807) is 6.92 Å². The van der Waals surface area contributed by atoms with Gasteiger partial charge in [0.25, 0.3) is 5.56 Å². The Bertz CT molecular complexity index is 1020. The topological polar surface area (TPSA) is 81.2 Å².